The summed E-state index contributed by atoms with van der Waals surface area (Å²) in [5.74, 6) is -0.593. The lowest BCUT2D eigenvalue weighted by atomic mass is 9.96. The van der Waals surface area contributed by atoms with E-state index in [9.17, 15) is 9.18 Å². The second-order valence-corrected chi connectivity index (χ2v) is 5.65. The molecule has 98 valence electrons. The second kappa shape index (κ2) is 5.29. The summed E-state index contributed by atoms with van der Waals surface area (Å²) in [6.45, 7) is 1.36. The van der Waals surface area contributed by atoms with Gasteiger partial charge in [0.05, 0.1) is 14.9 Å². The van der Waals surface area contributed by atoms with Crippen molar-refractivity contribution in [2.24, 2.45) is 11.7 Å². The van der Waals surface area contributed by atoms with Crippen molar-refractivity contribution < 1.29 is 9.18 Å². The number of primary amides is 1. The van der Waals surface area contributed by atoms with E-state index in [0.29, 0.717) is 40.9 Å². The van der Waals surface area contributed by atoms with Crippen LogP contribution in [0.25, 0.3) is 0 Å². The molecule has 1 fully saturated rings. The van der Waals surface area contributed by atoms with Crippen molar-refractivity contribution in [3.8, 4) is 0 Å². The third kappa shape index (κ3) is 2.68. The fourth-order valence-electron chi connectivity index (χ4n) is 2.23. The quantitative estimate of drug-likeness (QED) is 0.621. The monoisotopic (exact) mass is 363 g/mol. The molecular weight excluding hydrogens is 348 g/mol. The molecule has 1 aliphatic heterocycles. The van der Waals surface area contributed by atoms with Gasteiger partial charge in [0.2, 0.25) is 5.91 Å². The largest absolute Gasteiger partial charge is 0.397 e. The number of hydrogen-bond donors (Lipinski definition) is 2. The van der Waals surface area contributed by atoms with Crippen LogP contribution in [0.1, 0.15) is 12.8 Å². The van der Waals surface area contributed by atoms with E-state index in [0.717, 1.165) is 0 Å². The molecule has 0 atom stereocenters. The van der Waals surface area contributed by atoms with Gasteiger partial charge in [-0.15, -0.1) is 0 Å². The summed E-state index contributed by atoms with van der Waals surface area (Å²) < 4.78 is 14.1. The lowest BCUT2D eigenvalue weighted by molar-refractivity contribution is -0.122. The maximum absolute atomic E-state index is 13.6. The Morgan fingerprint density at radius 1 is 1.39 bits per heavy atom. The van der Waals surface area contributed by atoms with Crippen molar-refractivity contribution in [3.63, 3.8) is 0 Å². The second-order valence-electron chi connectivity index (χ2n) is 4.49. The number of amides is 1. The molecule has 1 saturated heterocycles. The topological polar surface area (TPSA) is 72.4 Å². The molecule has 0 aliphatic carbocycles. The molecule has 1 aromatic rings. The zero-order chi connectivity index (χ0) is 13.3. The summed E-state index contributed by atoms with van der Waals surface area (Å²) in [4.78, 5) is 13.1. The zero-order valence-electron chi connectivity index (χ0n) is 9.83. The van der Waals surface area contributed by atoms with Gasteiger partial charge in [0.25, 0.3) is 0 Å². The van der Waals surface area contributed by atoms with Crippen LogP contribution in [0.5, 0.6) is 0 Å². The molecule has 1 heterocycles. The fraction of sp³-hybridized carbons (Fsp3) is 0.417. The van der Waals surface area contributed by atoms with Crippen molar-refractivity contribution in [1.29, 1.82) is 0 Å². The highest BCUT2D eigenvalue weighted by molar-refractivity contribution is 14.1. The Bertz CT molecular complexity index is 473. The van der Waals surface area contributed by atoms with Gasteiger partial charge in [0.1, 0.15) is 5.82 Å². The smallest absolute Gasteiger partial charge is 0.220 e. The number of anilines is 2. The molecule has 0 unspecified atom stereocenters. The Morgan fingerprint density at radius 3 is 2.56 bits per heavy atom. The maximum atomic E-state index is 13.6. The first-order valence-corrected chi connectivity index (χ1v) is 6.85. The molecule has 0 bridgehead atoms. The Hall–Kier alpha value is -1.05. The molecule has 18 heavy (non-hydrogen) atoms. The summed E-state index contributed by atoms with van der Waals surface area (Å²) in [6.07, 6.45) is 1.39. The standard InChI is InChI=1S/C12H15FIN3O/c13-8-5-11(10(15)6-9(8)14)17-3-1-7(2-4-17)12(16)18/h5-7H,1-4,15H2,(H2,16,18). The van der Waals surface area contributed by atoms with Gasteiger partial charge in [-0.25, -0.2) is 4.39 Å². The zero-order valence-corrected chi connectivity index (χ0v) is 12.0. The van der Waals surface area contributed by atoms with Crippen LogP contribution in [0.3, 0.4) is 0 Å². The molecule has 4 N–H and O–H groups in total. The van der Waals surface area contributed by atoms with Crippen LogP contribution in [-0.2, 0) is 4.79 Å². The molecular formula is C12H15FIN3O. The molecule has 1 aromatic carbocycles. The van der Waals surface area contributed by atoms with E-state index in [1.54, 1.807) is 6.07 Å². The number of benzene rings is 1. The number of nitrogens with two attached hydrogens (primary N) is 2. The normalized spacial score (nSPS) is 16.9. The number of carbonyl (C=O) groups is 1. The number of hydrogen-bond acceptors (Lipinski definition) is 3. The van der Waals surface area contributed by atoms with Gasteiger partial charge in [-0.1, -0.05) is 0 Å². The third-order valence-electron chi connectivity index (χ3n) is 3.31. The highest BCUT2D eigenvalue weighted by Crippen LogP contribution is 2.30. The molecule has 0 saturated carbocycles. The van der Waals surface area contributed by atoms with E-state index in [1.807, 2.05) is 27.5 Å². The molecule has 0 radical (unpaired) electrons. The van der Waals surface area contributed by atoms with Gasteiger partial charge in [-0.05, 0) is 41.5 Å². The van der Waals surface area contributed by atoms with Crippen molar-refractivity contribution >= 4 is 39.9 Å². The number of nitrogen functional groups attached to an aromatic ring is 1. The summed E-state index contributed by atoms with van der Waals surface area (Å²) in [7, 11) is 0. The molecule has 6 heteroatoms. The van der Waals surface area contributed by atoms with Crippen LogP contribution in [0.2, 0.25) is 0 Å². The first-order valence-electron chi connectivity index (χ1n) is 5.78. The number of rotatable bonds is 2. The van der Waals surface area contributed by atoms with E-state index in [2.05, 4.69) is 0 Å². The summed E-state index contributed by atoms with van der Waals surface area (Å²) in [6, 6.07) is 3.09. The summed E-state index contributed by atoms with van der Waals surface area (Å²) >= 11 is 1.91. The molecule has 1 aliphatic rings. The van der Waals surface area contributed by atoms with Crippen LogP contribution in [0.4, 0.5) is 15.8 Å². The lowest BCUT2D eigenvalue weighted by Crippen LogP contribution is -2.38. The Kier molecular flexibility index (Phi) is 3.94. The molecule has 0 aromatic heterocycles. The van der Waals surface area contributed by atoms with Crippen molar-refractivity contribution in [1.82, 2.24) is 0 Å². The van der Waals surface area contributed by atoms with Gasteiger partial charge in [-0.2, -0.15) is 0 Å². The van der Waals surface area contributed by atoms with E-state index in [4.69, 9.17) is 11.5 Å². The average molecular weight is 363 g/mol. The first kappa shape index (κ1) is 13.4. The number of halogens is 2. The number of nitrogens with zero attached hydrogens (tertiary/aromatic N) is 1. The fourth-order valence-corrected chi connectivity index (χ4v) is 2.72. The Labute approximate surface area is 119 Å². The van der Waals surface area contributed by atoms with Crippen molar-refractivity contribution in [3.05, 3.63) is 21.5 Å². The van der Waals surface area contributed by atoms with E-state index in [1.165, 1.54) is 6.07 Å². The van der Waals surface area contributed by atoms with Crippen LogP contribution >= 0.6 is 22.6 Å². The Morgan fingerprint density at radius 2 is 2.00 bits per heavy atom. The van der Waals surface area contributed by atoms with Crippen LogP contribution < -0.4 is 16.4 Å². The van der Waals surface area contributed by atoms with Gasteiger partial charge in [-0.3, -0.25) is 4.79 Å². The number of piperidine rings is 1. The van der Waals surface area contributed by atoms with Gasteiger partial charge < -0.3 is 16.4 Å². The van der Waals surface area contributed by atoms with E-state index >= 15 is 0 Å². The SMILES string of the molecule is NC(=O)C1CCN(c2cc(F)c(I)cc2N)CC1. The van der Waals surface area contributed by atoms with Crippen LogP contribution in [0, 0.1) is 15.3 Å². The van der Waals surface area contributed by atoms with Crippen molar-refractivity contribution in [2.45, 2.75) is 12.8 Å². The third-order valence-corrected chi connectivity index (χ3v) is 4.13. The molecule has 2 rings (SSSR count). The minimum atomic E-state index is -0.267. The van der Waals surface area contributed by atoms with E-state index < -0.39 is 0 Å². The highest BCUT2D eigenvalue weighted by atomic mass is 127. The predicted octanol–water partition coefficient (Wildman–Crippen LogP) is 1.71. The highest BCUT2D eigenvalue weighted by Gasteiger charge is 2.24. The Balaban J connectivity index is 2.15. The predicted molar refractivity (Wildman–Crippen MR) is 77.7 cm³/mol. The van der Waals surface area contributed by atoms with Gasteiger partial charge in [0, 0.05) is 25.1 Å². The lowest BCUT2D eigenvalue weighted by Gasteiger charge is -2.33. The van der Waals surface area contributed by atoms with Crippen LogP contribution in [0.15, 0.2) is 12.1 Å². The van der Waals surface area contributed by atoms with Crippen molar-refractivity contribution in [2.75, 3.05) is 23.7 Å². The molecule has 1 amide bonds. The van der Waals surface area contributed by atoms with Gasteiger partial charge in [0.15, 0.2) is 0 Å². The van der Waals surface area contributed by atoms with E-state index in [-0.39, 0.29) is 17.6 Å². The average Bonchev–Trinajstić information content (AvgIpc) is 2.34. The molecule has 0 spiro atoms. The maximum Gasteiger partial charge on any atom is 0.220 e. The summed E-state index contributed by atoms with van der Waals surface area (Å²) in [5, 5.41) is 0. The van der Waals surface area contributed by atoms with Gasteiger partial charge >= 0.3 is 0 Å². The molecule has 4 nitrogen and oxygen atoms in total. The van der Waals surface area contributed by atoms with Crippen LogP contribution in [-0.4, -0.2) is 19.0 Å². The number of carbonyl (C=O) groups excluding carboxylic acids is 1. The minimum absolute atomic E-state index is 0.0730. The first-order chi connectivity index (χ1) is 8.49. The minimum Gasteiger partial charge on any atom is -0.397 e. The summed E-state index contributed by atoms with van der Waals surface area (Å²) in [5.41, 5.74) is 12.5.